The third kappa shape index (κ3) is 23.0. The van der Waals surface area contributed by atoms with Crippen LogP contribution in [0, 0.1) is 0 Å². The second kappa shape index (κ2) is 8.16. The van der Waals surface area contributed by atoms with Crippen molar-refractivity contribution in [2.24, 2.45) is 0 Å². The van der Waals surface area contributed by atoms with Crippen LogP contribution in [-0.4, -0.2) is 34.9 Å². The van der Waals surface area contributed by atoms with Gasteiger partial charge in [0.2, 0.25) is 0 Å². The molecule has 72 valence electrons. The number of aliphatic hydroxyl groups is 2. The van der Waals surface area contributed by atoms with Crippen LogP contribution < -0.4 is 0 Å². The maximum absolute atomic E-state index is 9.81. The molecule has 0 aromatic carbocycles. The highest BCUT2D eigenvalue weighted by atomic mass is 16.6. The Morgan fingerprint density at radius 3 is 1.58 bits per heavy atom. The average molecular weight is 178 g/mol. The van der Waals surface area contributed by atoms with E-state index in [4.69, 9.17) is 10.2 Å². The van der Waals surface area contributed by atoms with E-state index < -0.39 is 18.0 Å². The smallest absolute Gasteiger partial charge is 0.310 e. The first-order valence-electron chi connectivity index (χ1n) is 3.38. The number of esters is 2. The lowest BCUT2D eigenvalue weighted by Gasteiger charge is -1.90. The minimum Gasteiger partial charge on any atom is -0.394 e. The summed E-state index contributed by atoms with van der Waals surface area (Å²) >= 11 is 0. The molecule has 0 aliphatic heterocycles. The van der Waals surface area contributed by atoms with E-state index in [0.717, 1.165) is 0 Å². The summed E-state index contributed by atoms with van der Waals surface area (Å²) in [5, 5.41) is 16.0. The average Bonchev–Trinajstić information content (AvgIpc) is 1.85. The molecule has 0 rings (SSSR count). The lowest BCUT2D eigenvalue weighted by atomic mass is 10.5. The standard InChI is InChI=1S/C4H6O3.C3H8O2/c1-3(5)7-4(2)6;1-3(5)2-4/h1-2H3;3-5H,2H2,1H3. The molecule has 0 spiro atoms. The van der Waals surface area contributed by atoms with Crippen LogP contribution in [0.5, 0.6) is 0 Å². The Kier molecular flexibility index (Phi) is 9.27. The molecule has 0 bridgehead atoms. The first-order chi connectivity index (χ1) is 5.40. The van der Waals surface area contributed by atoms with Gasteiger partial charge in [-0.05, 0) is 6.92 Å². The van der Waals surface area contributed by atoms with Gasteiger partial charge in [-0.1, -0.05) is 0 Å². The summed E-state index contributed by atoms with van der Waals surface area (Å²) in [6, 6.07) is 0. The highest BCUT2D eigenvalue weighted by Gasteiger charge is 1.93. The number of ether oxygens (including phenoxy) is 1. The minimum absolute atomic E-state index is 0.139. The molecule has 5 nitrogen and oxygen atoms in total. The number of carbonyl (C=O) groups excluding carboxylic acids is 2. The first-order valence-corrected chi connectivity index (χ1v) is 3.38. The Hall–Kier alpha value is -0.940. The van der Waals surface area contributed by atoms with E-state index >= 15 is 0 Å². The van der Waals surface area contributed by atoms with Crippen molar-refractivity contribution in [2.75, 3.05) is 6.61 Å². The van der Waals surface area contributed by atoms with E-state index in [2.05, 4.69) is 4.74 Å². The van der Waals surface area contributed by atoms with Gasteiger partial charge in [0.15, 0.2) is 0 Å². The van der Waals surface area contributed by atoms with Crippen LogP contribution >= 0.6 is 0 Å². The van der Waals surface area contributed by atoms with Gasteiger partial charge in [0.05, 0.1) is 12.7 Å². The molecule has 0 aromatic heterocycles. The normalized spacial score (nSPS) is 10.8. The third-order valence-corrected chi connectivity index (χ3v) is 0.552. The fraction of sp³-hybridized carbons (Fsp3) is 0.714. The van der Waals surface area contributed by atoms with E-state index in [9.17, 15) is 9.59 Å². The molecular weight excluding hydrogens is 164 g/mol. The molecule has 0 radical (unpaired) electrons. The summed E-state index contributed by atoms with van der Waals surface area (Å²) < 4.78 is 3.97. The summed E-state index contributed by atoms with van der Waals surface area (Å²) in [6.07, 6.45) is -0.560. The van der Waals surface area contributed by atoms with Crippen molar-refractivity contribution in [3.05, 3.63) is 0 Å². The molecule has 0 saturated heterocycles. The number of aliphatic hydroxyl groups excluding tert-OH is 2. The predicted octanol–water partition coefficient (Wildman–Crippen LogP) is -0.544. The second-order valence-electron chi connectivity index (χ2n) is 2.12. The van der Waals surface area contributed by atoms with Crippen molar-refractivity contribution >= 4 is 11.9 Å². The van der Waals surface area contributed by atoms with Crippen molar-refractivity contribution < 1.29 is 24.5 Å². The van der Waals surface area contributed by atoms with Gasteiger partial charge in [-0.25, -0.2) is 0 Å². The van der Waals surface area contributed by atoms with E-state index in [1.165, 1.54) is 20.8 Å². The van der Waals surface area contributed by atoms with Crippen LogP contribution in [-0.2, 0) is 14.3 Å². The fourth-order valence-electron chi connectivity index (χ4n) is 0.202. The summed E-state index contributed by atoms with van der Waals surface area (Å²) in [7, 11) is 0. The Morgan fingerprint density at radius 2 is 1.58 bits per heavy atom. The van der Waals surface area contributed by atoms with Gasteiger partial charge in [0.1, 0.15) is 0 Å². The molecule has 12 heavy (non-hydrogen) atoms. The highest BCUT2D eigenvalue weighted by Crippen LogP contribution is 1.73. The van der Waals surface area contributed by atoms with Crippen LogP contribution in [0.4, 0.5) is 0 Å². The third-order valence-electron chi connectivity index (χ3n) is 0.552. The van der Waals surface area contributed by atoms with Crippen molar-refractivity contribution in [3.63, 3.8) is 0 Å². The van der Waals surface area contributed by atoms with E-state index in [1.807, 2.05) is 0 Å². The van der Waals surface area contributed by atoms with Crippen LogP contribution in [0.15, 0.2) is 0 Å². The quantitative estimate of drug-likeness (QED) is 0.416. The minimum atomic E-state index is -0.562. The number of hydrogen-bond acceptors (Lipinski definition) is 5. The topological polar surface area (TPSA) is 83.8 Å². The maximum atomic E-state index is 9.81. The molecule has 0 aromatic rings. The van der Waals surface area contributed by atoms with E-state index in [-0.39, 0.29) is 6.61 Å². The van der Waals surface area contributed by atoms with Crippen LogP contribution in [0.25, 0.3) is 0 Å². The van der Waals surface area contributed by atoms with Crippen molar-refractivity contribution in [3.8, 4) is 0 Å². The first kappa shape index (κ1) is 13.6. The Morgan fingerprint density at radius 1 is 1.33 bits per heavy atom. The largest absolute Gasteiger partial charge is 0.394 e. The summed E-state index contributed by atoms with van der Waals surface area (Å²) in [6.45, 7) is 3.75. The van der Waals surface area contributed by atoms with Gasteiger partial charge in [-0.3, -0.25) is 9.59 Å². The van der Waals surface area contributed by atoms with Gasteiger partial charge in [-0.2, -0.15) is 0 Å². The number of carbonyl (C=O) groups is 2. The molecule has 1 atom stereocenters. The molecule has 0 aliphatic carbocycles. The second-order valence-corrected chi connectivity index (χ2v) is 2.12. The molecule has 5 heteroatoms. The summed E-state index contributed by atoms with van der Waals surface area (Å²) in [5.74, 6) is -1.12. The van der Waals surface area contributed by atoms with Gasteiger partial charge in [0, 0.05) is 13.8 Å². The Bertz CT molecular complexity index is 129. The van der Waals surface area contributed by atoms with E-state index in [0.29, 0.717) is 0 Å². The van der Waals surface area contributed by atoms with Crippen LogP contribution in [0.2, 0.25) is 0 Å². The molecule has 1 unspecified atom stereocenters. The molecule has 0 aliphatic rings. The number of rotatable bonds is 1. The Balaban J connectivity index is 0. The number of hydrogen-bond donors (Lipinski definition) is 2. The molecule has 0 amide bonds. The van der Waals surface area contributed by atoms with Crippen LogP contribution in [0.3, 0.4) is 0 Å². The van der Waals surface area contributed by atoms with Gasteiger partial charge in [-0.15, -0.1) is 0 Å². The zero-order chi connectivity index (χ0) is 10.1. The molecule has 2 N–H and O–H groups in total. The zero-order valence-corrected chi connectivity index (χ0v) is 7.40. The van der Waals surface area contributed by atoms with Crippen molar-refractivity contribution in [2.45, 2.75) is 26.9 Å². The van der Waals surface area contributed by atoms with Gasteiger partial charge < -0.3 is 14.9 Å². The maximum Gasteiger partial charge on any atom is 0.310 e. The highest BCUT2D eigenvalue weighted by molar-refractivity contribution is 5.82. The SMILES string of the molecule is CC(=O)OC(C)=O.CC(O)CO. The predicted molar refractivity (Wildman–Crippen MR) is 41.2 cm³/mol. The van der Waals surface area contributed by atoms with Crippen LogP contribution in [0.1, 0.15) is 20.8 Å². The zero-order valence-electron chi connectivity index (χ0n) is 7.40. The van der Waals surface area contributed by atoms with E-state index in [1.54, 1.807) is 0 Å². The fourth-order valence-corrected chi connectivity index (χ4v) is 0.202. The summed E-state index contributed by atoms with van der Waals surface area (Å²) in [4.78, 5) is 19.6. The van der Waals surface area contributed by atoms with Crippen molar-refractivity contribution in [1.29, 1.82) is 0 Å². The Labute approximate surface area is 71.0 Å². The summed E-state index contributed by atoms with van der Waals surface area (Å²) in [5.41, 5.74) is 0. The monoisotopic (exact) mass is 178 g/mol. The molecule has 0 fully saturated rings. The van der Waals surface area contributed by atoms with Crippen molar-refractivity contribution in [1.82, 2.24) is 0 Å². The van der Waals surface area contributed by atoms with Gasteiger partial charge in [0.25, 0.3) is 0 Å². The lowest BCUT2D eigenvalue weighted by molar-refractivity contribution is -0.156. The molecular formula is C7H14O5. The molecule has 0 heterocycles. The molecule has 0 saturated carbocycles. The van der Waals surface area contributed by atoms with Gasteiger partial charge >= 0.3 is 11.9 Å². The lowest BCUT2D eigenvalue weighted by Crippen LogP contribution is -2.03.